The first-order chi connectivity index (χ1) is 13.5. The molecule has 8 nitrogen and oxygen atoms in total. The minimum Gasteiger partial charge on any atom is -0.369 e. The quantitative estimate of drug-likeness (QED) is 0.866. The van der Waals surface area contributed by atoms with E-state index in [1.54, 1.807) is 13.0 Å². The van der Waals surface area contributed by atoms with Crippen molar-refractivity contribution in [1.82, 2.24) is 10.1 Å². The molecule has 0 spiro atoms. The number of likely N-dealkylation sites (N-methyl/N-ethyl adjacent to an activating group) is 1. The zero-order valence-corrected chi connectivity index (χ0v) is 16.2. The Morgan fingerprint density at radius 3 is 2.54 bits per heavy atom. The number of nitrogens with zero attached hydrogens (tertiary/aromatic N) is 4. The van der Waals surface area contributed by atoms with Crippen LogP contribution in [-0.2, 0) is 9.59 Å². The number of anilines is 3. The van der Waals surface area contributed by atoms with Gasteiger partial charge in [-0.15, -0.1) is 0 Å². The van der Waals surface area contributed by atoms with Gasteiger partial charge in [0.15, 0.2) is 5.82 Å². The molecule has 4 rings (SSSR count). The second-order valence-electron chi connectivity index (χ2n) is 7.53. The van der Waals surface area contributed by atoms with E-state index in [-0.39, 0.29) is 18.2 Å². The van der Waals surface area contributed by atoms with E-state index in [0.717, 1.165) is 37.6 Å². The molecule has 0 saturated carbocycles. The highest BCUT2D eigenvalue weighted by molar-refractivity contribution is 6.03. The second-order valence-corrected chi connectivity index (χ2v) is 7.53. The average molecular weight is 383 g/mol. The minimum atomic E-state index is -0.401. The molecule has 1 atom stereocenters. The number of rotatable bonds is 4. The van der Waals surface area contributed by atoms with Gasteiger partial charge >= 0.3 is 0 Å². The maximum absolute atomic E-state index is 12.6. The van der Waals surface area contributed by atoms with Crippen molar-refractivity contribution < 1.29 is 14.1 Å². The Balaban J connectivity index is 1.35. The van der Waals surface area contributed by atoms with Crippen molar-refractivity contribution in [2.24, 2.45) is 5.92 Å². The summed E-state index contributed by atoms with van der Waals surface area (Å²) in [4.78, 5) is 31.0. The van der Waals surface area contributed by atoms with Gasteiger partial charge in [0.05, 0.1) is 5.92 Å². The van der Waals surface area contributed by atoms with Crippen LogP contribution < -0.4 is 15.1 Å². The first-order valence-corrected chi connectivity index (χ1v) is 9.58. The molecule has 2 saturated heterocycles. The number of nitrogens with one attached hydrogen (secondary N) is 1. The van der Waals surface area contributed by atoms with Crippen molar-refractivity contribution in [1.29, 1.82) is 0 Å². The summed E-state index contributed by atoms with van der Waals surface area (Å²) >= 11 is 0. The molecule has 2 amide bonds. The van der Waals surface area contributed by atoms with Gasteiger partial charge in [-0.05, 0) is 38.2 Å². The van der Waals surface area contributed by atoms with Crippen LogP contribution in [0.2, 0.25) is 0 Å². The molecule has 28 heavy (non-hydrogen) atoms. The number of aromatic nitrogens is 1. The Bertz CT molecular complexity index is 855. The molecule has 3 heterocycles. The molecule has 1 N–H and O–H groups in total. The highest BCUT2D eigenvalue weighted by atomic mass is 16.5. The van der Waals surface area contributed by atoms with Crippen LogP contribution in [0, 0.1) is 12.8 Å². The number of piperazine rings is 1. The Morgan fingerprint density at radius 2 is 1.89 bits per heavy atom. The Kier molecular flexibility index (Phi) is 5.04. The Hall–Kier alpha value is -2.87. The number of carbonyl (C=O) groups excluding carboxylic acids is 2. The summed E-state index contributed by atoms with van der Waals surface area (Å²) in [6.07, 6.45) is 0.178. The largest absolute Gasteiger partial charge is 0.369 e. The van der Waals surface area contributed by atoms with Gasteiger partial charge in [-0.25, -0.2) is 0 Å². The summed E-state index contributed by atoms with van der Waals surface area (Å²) in [5, 5.41) is 6.81. The van der Waals surface area contributed by atoms with Crippen LogP contribution in [0.3, 0.4) is 0 Å². The van der Waals surface area contributed by atoms with Crippen LogP contribution in [0.1, 0.15) is 12.2 Å². The van der Waals surface area contributed by atoms with E-state index in [0.29, 0.717) is 18.1 Å². The zero-order valence-electron chi connectivity index (χ0n) is 16.2. The number of benzene rings is 1. The predicted molar refractivity (Wildman–Crippen MR) is 106 cm³/mol. The van der Waals surface area contributed by atoms with Crippen molar-refractivity contribution in [2.45, 2.75) is 13.3 Å². The molecule has 1 aromatic heterocycles. The molecular weight excluding hydrogens is 358 g/mol. The maximum atomic E-state index is 12.6. The number of carbonyl (C=O) groups is 2. The van der Waals surface area contributed by atoms with E-state index >= 15 is 0 Å². The molecule has 2 aromatic rings. The smallest absolute Gasteiger partial charge is 0.229 e. The lowest BCUT2D eigenvalue weighted by Crippen LogP contribution is -2.44. The van der Waals surface area contributed by atoms with Crippen molar-refractivity contribution >= 4 is 29.0 Å². The van der Waals surface area contributed by atoms with Crippen molar-refractivity contribution in [2.75, 3.05) is 54.9 Å². The molecule has 2 aliphatic heterocycles. The molecule has 8 heteroatoms. The van der Waals surface area contributed by atoms with E-state index < -0.39 is 5.92 Å². The number of hydrogen-bond acceptors (Lipinski definition) is 6. The zero-order chi connectivity index (χ0) is 19.7. The third-order valence-corrected chi connectivity index (χ3v) is 5.39. The average Bonchev–Trinajstić information content (AvgIpc) is 3.28. The number of amides is 2. The first kappa shape index (κ1) is 18.5. The minimum absolute atomic E-state index is 0.112. The first-order valence-electron chi connectivity index (χ1n) is 9.58. The van der Waals surface area contributed by atoms with Gasteiger partial charge in [0.25, 0.3) is 0 Å². The summed E-state index contributed by atoms with van der Waals surface area (Å²) in [5.41, 5.74) is 1.90. The van der Waals surface area contributed by atoms with Gasteiger partial charge < -0.3 is 19.6 Å². The van der Waals surface area contributed by atoms with Crippen LogP contribution >= 0.6 is 0 Å². The Labute approximate surface area is 164 Å². The molecule has 0 bridgehead atoms. The van der Waals surface area contributed by atoms with Crippen molar-refractivity contribution in [3.05, 3.63) is 36.1 Å². The number of hydrogen-bond donors (Lipinski definition) is 1. The fraction of sp³-hybridized carbons (Fsp3) is 0.450. The van der Waals surface area contributed by atoms with E-state index in [1.807, 2.05) is 24.3 Å². The van der Waals surface area contributed by atoms with Gasteiger partial charge in [0.2, 0.25) is 11.8 Å². The van der Waals surface area contributed by atoms with E-state index in [2.05, 4.69) is 27.3 Å². The van der Waals surface area contributed by atoms with Gasteiger partial charge in [-0.3, -0.25) is 14.5 Å². The molecule has 2 fully saturated rings. The number of aryl methyl sites for hydroxylation is 1. The highest BCUT2D eigenvalue weighted by Gasteiger charge is 2.36. The monoisotopic (exact) mass is 383 g/mol. The Morgan fingerprint density at radius 1 is 1.18 bits per heavy atom. The third kappa shape index (κ3) is 3.87. The SMILES string of the molecule is Cc1cc(N2CC(C(=O)Nc3ccc(N4CCN(C)CC4)cc3)CC2=O)no1. The molecule has 0 aliphatic carbocycles. The fourth-order valence-corrected chi connectivity index (χ4v) is 3.65. The van der Waals surface area contributed by atoms with Gasteiger partial charge in [0, 0.05) is 56.6 Å². The van der Waals surface area contributed by atoms with E-state index in [1.165, 1.54) is 4.90 Å². The topological polar surface area (TPSA) is 81.9 Å². The summed E-state index contributed by atoms with van der Waals surface area (Å²) in [7, 11) is 2.13. The van der Waals surface area contributed by atoms with E-state index in [9.17, 15) is 9.59 Å². The van der Waals surface area contributed by atoms with Crippen LogP contribution in [0.5, 0.6) is 0 Å². The van der Waals surface area contributed by atoms with E-state index in [4.69, 9.17) is 4.52 Å². The lowest BCUT2D eigenvalue weighted by Gasteiger charge is -2.34. The van der Waals surface area contributed by atoms with Gasteiger partial charge in [-0.2, -0.15) is 0 Å². The van der Waals surface area contributed by atoms with Gasteiger partial charge in [0.1, 0.15) is 5.76 Å². The summed E-state index contributed by atoms with van der Waals surface area (Å²) in [5.74, 6) is 0.439. The maximum Gasteiger partial charge on any atom is 0.229 e. The lowest BCUT2D eigenvalue weighted by molar-refractivity contribution is -0.122. The fourth-order valence-electron chi connectivity index (χ4n) is 3.65. The van der Waals surface area contributed by atoms with Crippen LogP contribution in [0.4, 0.5) is 17.2 Å². The van der Waals surface area contributed by atoms with Gasteiger partial charge in [-0.1, -0.05) is 5.16 Å². The summed E-state index contributed by atoms with van der Waals surface area (Å²) < 4.78 is 5.03. The molecule has 1 unspecified atom stereocenters. The molecular formula is C20H25N5O3. The molecule has 0 radical (unpaired) electrons. The van der Waals surface area contributed by atoms with Crippen LogP contribution in [0.15, 0.2) is 34.9 Å². The molecule has 148 valence electrons. The third-order valence-electron chi connectivity index (χ3n) is 5.39. The molecule has 2 aliphatic rings. The summed E-state index contributed by atoms with van der Waals surface area (Å²) in [6, 6.07) is 9.61. The highest BCUT2D eigenvalue weighted by Crippen LogP contribution is 2.26. The van der Waals surface area contributed by atoms with Crippen LogP contribution in [0.25, 0.3) is 0 Å². The lowest BCUT2D eigenvalue weighted by atomic mass is 10.1. The molecule has 1 aromatic carbocycles. The van der Waals surface area contributed by atoms with Crippen LogP contribution in [-0.4, -0.2) is 61.6 Å². The normalized spacial score (nSPS) is 20.6. The van der Waals surface area contributed by atoms with Crippen molar-refractivity contribution in [3.63, 3.8) is 0 Å². The summed E-state index contributed by atoms with van der Waals surface area (Å²) in [6.45, 7) is 6.20. The second kappa shape index (κ2) is 7.63. The van der Waals surface area contributed by atoms with Crippen molar-refractivity contribution in [3.8, 4) is 0 Å². The predicted octanol–water partition coefficient (Wildman–Crippen LogP) is 1.73. The standard InChI is InChI=1S/C20H25N5O3/c1-14-11-18(22-28-14)25-13-15(12-19(25)26)20(27)21-16-3-5-17(6-4-16)24-9-7-23(2)8-10-24/h3-6,11,15H,7-10,12-13H2,1-2H3,(H,21,27).